The Labute approximate surface area is 221 Å². The van der Waals surface area contributed by atoms with Crippen molar-refractivity contribution in [3.05, 3.63) is 35.3 Å². The number of aliphatic hydroxyl groups is 1. The van der Waals surface area contributed by atoms with Gasteiger partial charge in [-0.15, -0.1) is 0 Å². The summed E-state index contributed by atoms with van der Waals surface area (Å²) in [5, 5.41) is 11.3. The fraction of sp³-hybridized carbons (Fsp3) is 0.655. The molecule has 0 spiro atoms. The van der Waals surface area contributed by atoms with Gasteiger partial charge in [-0.25, -0.2) is 4.79 Å². The van der Waals surface area contributed by atoms with Crippen molar-refractivity contribution < 1.29 is 42.9 Å². The van der Waals surface area contributed by atoms with Crippen LogP contribution in [-0.2, 0) is 33.4 Å². The number of esters is 3. The van der Waals surface area contributed by atoms with Crippen molar-refractivity contribution >= 4 is 23.7 Å². The maximum absolute atomic E-state index is 14.2. The number of methoxy groups -OCH3 is 1. The van der Waals surface area contributed by atoms with Crippen molar-refractivity contribution in [2.45, 2.75) is 78.6 Å². The van der Waals surface area contributed by atoms with E-state index in [1.165, 1.54) is 20.3 Å². The van der Waals surface area contributed by atoms with Crippen LogP contribution in [0.2, 0.25) is 0 Å². The van der Waals surface area contributed by atoms with E-state index in [1.807, 2.05) is 27.7 Å². The van der Waals surface area contributed by atoms with Gasteiger partial charge in [0.25, 0.3) is 0 Å². The number of fused-ring (bicyclic) bond motifs is 5. The summed E-state index contributed by atoms with van der Waals surface area (Å²) in [7, 11) is 1.31. The average molecular weight is 529 g/mol. The van der Waals surface area contributed by atoms with Gasteiger partial charge in [0.15, 0.2) is 6.10 Å². The molecule has 1 aliphatic heterocycles. The highest BCUT2D eigenvalue weighted by atomic mass is 16.6. The molecule has 206 valence electrons. The third kappa shape index (κ3) is 3.53. The number of rotatable bonds is 4. The van der Waals surface area contributed by atoms with Crippen LogP contribution in [-0.4, -0.2) is 48.1 Å². The summed E-state index contributed by atoms with van der Waals surface area (Å²) in [6, 6.07) is 1.75. The van der Waals surface area contributed by atoms with Crippen molar-refractivity contribution in [3.63, 3.8) is 0 Å². The molecule has 1 saturated heterocycles. The van der Waals surface area contributed by atoms with Crippen molar-refractivity contribution in [2.24, 2.45) is 34.0 Å². The molecule has 8 atom stereocenters. The van der Waals surface area contributed by atoms with Crippen molar-refractivity contribution in [3.8, 4) is 0 Å². The zero-order valence-electron chi connectivity index (χ0n) is 22.7. The summed E-state index contributed by atoms with van der Waals surface area (Å²) < 4.78 is 21.9. The van der Waals surface area contributed by atoms with Gasteiger partial charge in [0.05, 0.1) is 25.6 Å². The minimum atomic E-state index is -1.47. The summed E-state index contributed by atoms with van der Waals surface area (Å²) in [5.74, 6) is -3.22. The van der Waals surface area contributed by atoms with Gasteiger partial charge in [-0.1, -0.05) is 33.3 Å². The molecular formula is C29H36O9. The minimum absolute atomic E-state index is 0.0190. The van der Waals surface area contributed by atoms with E-state index in [1.54, 1.807) is 12.3 Å². The average Bonchev–Trinajstić information content (AvgIpc) is 3.38. The first kappa shape index (κ1) is 26.7. The molecule has 3 aliphatic carbocycles. The molecule has 1 aromatic heterocycles. The Balaban J connectivity index is 1.72. The van der Waals surface area contributed by atoms with Gasteiger partial charge in [-0.3, -0.25) is 14.4 Å². The monoisotopic (exact) mass is 528 g/mol. The Hall–Kier alpha value is -2.94. The molecule has 0 aromatic carbocycles. The topological polar surface area (TPSA) is 129 Å². The standard InChI is InChI=1S/C29H36O9/c1-14(30)37-25-17-11-16-18(29(5,23(17)33)19(27(25,2)3)12-20(31)35-6)7-9-28(4)21(16)22(32)26(34)38-24(28)15-8-10-36-13-15/h8,10,13,17-19,22,24-25,32H,7,9,11-12H2,1-6H3/t17?,18-,19-,22+,24-,25+,28+,29+/m0/s1. The molecule has 9 heteroatoms. The van der Waals surface area contributed by atoms with E-state index in [-0.39, 0.29) is 24.5 Å². The number of hydrogen-bond acceptors (Lipinski definition) is 9. The zero-order valence-corrected chi connectivity index (χ0v) is 22.7. The first-order chi connectivity index (χ1) is 17.8. The Morgan fingerprint density at radius 3 is 2.50 bits per heavy atom. The lowest BCUT2D eigenvalue weighted by Gasteiger charge is -2.63. The van der Waals surface area contributed by atoms with Crippen LogP contribution >= 0.6 is 0 Å². The highest BCUT2D eigenvalue weighted by Crippen LogP contribution is 2.68. The number of hydrogen-bond donors (Lipinski definition) is 1. The SMILES string of the molecule is COC(=O)C[C@H]1C(C)(C)[C@H](OC(C)=O)C2CC3=C4[C@@H](O)C(=O)O[C@@H](c5ccoc5)[C@]4(C)CC[C@@H]3[C@@]1(C)C2=O. The Morgan fingerprint density at radius 2 is 1.89 bits per heavy atom. The quantitative estimate of drug-likeness (QED) is 0.353. The summed E-state index contributed by atoms with van der Waals surface area (Å²) in [6.45, 7) is 9.07. The van der Waals surface area contributed by atoms with E-state index in [0.717, 1.165) is 5.57 Å². The predicted molar refractivity (Wildman–Crippen MR) is 132 cm³/mol. The third-order valence-corrected chi connectivity index (χ3v) is 10.1. The fourth-order valence-corrected chi connectivity index (χ4v) is 8.46. The molecule has 1 N–H and O–H groups in total. The molecular weight excluding hydrogens is 492 g/mol. The number of furan rings is 1. The molecule has 9 nitrogen and oxygen atoms in total. The van der Waals surface area contributed by atoms with Crippen molar-refractivity contribution in [1.82, 2.24) is 0 Å². The van der Waals surface area contributed by atoms with Crippen LogP contribution in [0.15, 0.2) is 34.2 Å². The Morgan fingerprint density at radius 1 is 1.18 bits per heavy atom. The van der Waals surface area contributed by atoms with E-state index in [4.69, 9.17) is 18.6 Å². The maximum Gasteiger partial charge on any atom is 0.339 e. The summed E-state index contributed by atoms with van der Waals surface area (Å²) in [6.07, 6.45) is 1.56. The minimum Gasteiger partial charge on any atom is -0.472 e. The first-order valence-corrected chi connectivity index (χ1v) is 13.2. The molecule has 5 rings (SSSR count). The van der Waals surface area contributed by atoms with E-state index >= 15 is 0 Å². The summed E-state index contributed by atoms with van der Waals surface area (Å²) >= 11 is 0. The second kappa shape index (κ2) is 8.79. The first-order valence-electron chi connectivity index (χ1n) is 13.2. The largest absolute Gasteiger partial charge is 0.472 e. The van der Waals surface area contributed by atoms with Crippen LogP contribution in [0.4, 0.5) is 0 Å². The lowest BCUT2D eigenvalue weighted by Crippen LogP contribution is -2.67. The number of carbonyl (C=O) groups is 4. The maximum atomic E-state index is 14.2. The molecule has 1 aromatic rings. The van der Waals surface area contributed by atoms with Gasteiger partial charge < -0.3 is 23.7 Å². The number of cyclic esters (lactones) is 1. The molecule has 0 amide bonds. The van der Waals surface area contributed by atoms with E-state index in [0.29, 0.717) is 24.0 Å². The van der Waals surface area contributed by atoms with E-state index in [9.17, 15) is 24.3 Å². The lowest BCUT2D eigenvalue weighted by atomic mass is 9.40. The van der Waals surface area contributed by atoms with E-state index in [2.05, 4.69) is 0 Å². The van der Waals surface area contributed by atoms with Crippen molar-refractivity contribution in [1.29, 1.82) is 0 Å². The van der Waals surface area contributed by atoms with Crippen LogP contribution in [0.25, 0.3) is 0 Å². The lowest BCUT2D eigenvalue weighted by molar-refractivity contribution is -0.198. The molecule has 2 saturated carbocycles. The molecule has 2 bridgehead atoms. The van der Waals surface area contributed by atoms with Gasteiger partial charge in [-0.05, 0) is 42.7 Å². The summed E-state index contributed by atoms with van der Waals surface area (Å²) in [5.41, 5.74) is -0.312. The summed E-state index contributed by atoms with van der Waals surface area (Å²) in [4.78, 5) is 52.1. The second-order valence-corrected chi connectivity index (χ2v) is 12.4. The number of Topliss-reactive ketones (excluding diaryl/α,β-unsaturated/α-hetero) is 1. The van der Waals surface area contributed by atoms with Gasteiger partial charge in [0.1, 0.15) is 18.0 Å². The third-order valence-electron chi connectivity index (χ3n) is 10.1. The van der Waals surface area contributed by atoms with Gasteiger partial charge >= 0.3 is 17.9 Å². The normalized spacial score (nSPS) is 39.6. The predicted octanol–water partition coefficient (Wildman–Crippen LogP) is 3.70. The van der Waals surface area contributed by atoms with Gasteiger partial charge in [-0.2, -0.15) is 0 Å². The van der Waals surface area contributed by atoms with Crippen LogP contribution < -0.4 is 0 Å². The Kier molecular flexibility index (Phi) is 6.17. The molecule has 2 heterocycles. The van der Waals surface area contributed by atoms with Crippen LogP contribution in [0.3, 0.4) is 0 Å². The fourth-order valence-electron chi connectivity index (χ4n) is 8.46. The number of aliphatic hydroxyl groups excluding tert-OH is 1. The van der Waals surface area contributed by atoms with E-state index < -0.39 is 64.3 Å². The van der Waals surface area contributed by atoms with Crippen LogP contribution in [0.5, 0.6) is 0 Å². The zero-order chi connectivity index (χ0) is 27.8. The molecule has 4 aliphatic rings. The second-order valence-electron chi connectivity index (χ2n) is 12.4. The Bertz CT molecular complexity index is 1210. The van der Waals surface area contributed by atoms with Crippen LogP contribution in [0, 0.1) is 34.0 Å². The molecule has 1 unspecified atom stereocenters. The highest BCUT2D eigenvalue weighted by molar-refractivity contribution is 5.93. The number of ether oxygens (including phenoxy) is 3. The highest BCUT2D eigenvalue weighted by Gasteiger charge is 2.69. The molecule has 3 fully saturated rings. The molecule has 38 heavy (non-hydrogen) atoms. The smallest absolute Gasteiger partial charge is 0.339 e. The molecule has 0 radical (unpaired) electrons. The number of ketones is 1. The number of carbonyl (C=O) groups excluding carboxylic acids is 4. The number of allylic oxidation sites excluding steroid dienone is 1. The van der Waals surface area contributed by atoms with Gasteiger partial charge in [0.2, 0.25) is 0 Å². The van der Waals surface area contributed by atoms with Crippen LogP contribution in [0.1, 0.15) is 72.0 Å². The van der Waals surface area contributed by atoms with Gasteiger partial charge in [0, 0.05) is 35.2 Å². The van der Waals surface area contributed by atoms with Crippen molar-refractivity contribution in [2.75, 3.05) is 7.11 Å².